The predicted octanol–water partition coefficient (Wildman–Crippen LogP) is 5.35. The maximum absolute atomic E-state index is 12.5. The molecule has 0 bridgehead atoms. The van der Waals surface area contributed by atoms with Crippen molar-refractivity contribution in [2.24, 2.45) is 7.05 Å². The SMILES string of the molecule is COc1cc(N2CCN(C(=O)OC(C)(C)C)CC2)c([N+](=O)[O-])cc1Nc1nccc(-c2cn(C)c3ccccc23)n1. The van der Waals surface area contributed by atoms with E-state index in [0.29, 0.717) is 49.0 Å². The van der Waals surface area contributed by atoms with Crippen LogP contribution in [0.5, 0.6) is 5.75 Å². The van der Waals surface area contributed by atoms with Gasteiger partial charge < -0.3 is 29.2 Å². The summed E-state index contributed by atoms with van der Waals surface area (Å²) in [5.74, 6) is 0.682. The summed E-state index contributed by atoms with van der Waals surface area (Å²) in [7, 11) is 3.49. The maximum Gasteiger partial charge on any atom is 0.410 e. The molecule has 2 aromatic carbocycles. The second-order valence-electron chi connectivity index (χ2n) is 10.8. The summed E-state index contributed by atoms with van der Waals surface area (Å²) in [6.07, 6.45) is 3.26. The van der Waals surface area contributed by atoms with Crippen molar-refractivity contribution >= 4 is 40.0 Å². The highest BCUT2D eigenvalue weighted by atomic mass is 16.6. The Hall–Kier alpha value is -4.87. The van der Waals surface area contributed by atoms with Crippen LogP contribution in [-0.4, -0.2) is 69.3 Å². The lowest BCUT2D eigenvalue weighted by atomic mass is 10.1. The summed E-state index contributed by atoms with van der Waals surface area (Å²) < 4.78 is 13.1. The van der Waals surface area contributed by atoms with Crippen LogP contribution in [0.2, 0.25) is 0 Å². The summed E-state index contributed by atoms with van der Waals surface area (Å²) in [6.45, 7) is 7.02. The highest BCUT2D eigenvalue weighted by Gasteiger charge is 2.30. The number of nitro groups is 1. The number of hydrogen-bond donors (Lipinski definition) is 1. The molecule has 1 fully saturated rings. The van der Waals surface area contributed by atoms with Gasteiger partial charge >= 0.3 is 6.09 Å². The number of aryl methyl sites for hydroxylation is 1. The Morgan fingerprint density at radius 2 is 1.83 bits per heavy atom. The molecule has 0 unspecified atom stereocenters. The minimum atomic E-state index is -0.596. The molecular formula is C29H33N7O5. The Morgan fingerprint density at radius 3 is 2.51 bits per heavy atom. The molecule has 12 nitrogen and oxygen atoms in total. The summed E-state index contributed by atoms with van der Waals surface area (Å²) in [5, 5.41) is 16.3. The molecule has 12 heteroatoms. The van der Waals surface area contributed by atoms with Crippen molar-refractivity contribution in [1.82, 2.24) is 19.4 Å². The summed E-state index contributed by atoms with van der Waals surface area (Å²) in [4.78, 5) is 36.7. The van der Waals surface area contributed by atoms with Crippen molar-refractivity contribution in [3.8, 4) is 17.0 Å². The molecule has 4 aromatic rings. The molecule has 0 atom stereocenters. The van der Waals surface area contributed by atoms with Gasteiger partial charge in [-0.1, -0.05) is 18.2 Å². The molecule has 3 heterocycles. The monoisotopic (exact) mass is 559 g/mol. The highest BCUT2D eigenvalue weighted by molar-refractivity contribution is 5.95. The number of hydrogen-bond acceptors (Lipinski definition) is 9. The van der Waals surface area contributed by atoms with Crippen molar-refractivity contribution in [2.75, 3.05) is 43.5 Å². The van der Waals surface area contributed by atoms with Crippen molar-refractivity contribution in [3.63, 3.8) is 0 Å². The smallest absolute Gasteiger partial charge is 0.410 e. The number of ether oxygens (including phenoxy) is 2. The van der Waals surface area contributed by atoms with Crippen LogP contribution in [0.25, 0.3) is 22.2 Å². The van der Waals surface area contributed by atoms with E-state index in [1.54, 1.807) is 17.2 Å². The third kappa shape index (κ3) is 5.86. The zero-order valence-electron chi connectivity index (χ0n) is 23.7. The summed E-state index contributed by atoms with van der Waals surface area (Å²) in [5.41, 5.74) is 2.83. The zero-order valence-corrected chi connectivity index (χ0v) is 23.7. The van der Waals surface area contributed by atoms with Gasteiger partial charge in [0, 0.05) is 74.2 Å². The second-order valence-corrected chi connectivity index (χ2v) is 10.8. The molecule has 41 heavy (non-hydrogen) atoms. The number of amides is 1. The Balaban J connectivity index is 1.40. The van der Waals surface area contributed by atoms with Gasteiger partial charge in [-0.15, -0.1) is 0 Å². The topological polar surface area (TPSA) is 128 Å². The van der Waals surface area contributed by atoms with Crippen molar-refractivity contribution in [3.05, 3.63) is 65.0 Å². The Labute approximate surface area is 237 Å². The molecule has 0 radical (unpaired) electrons. The zero-order chi connectivity index (χ0) is 29.3. The van der Waals surface area contributed by atoms with Crippen LogP contribution in [-0.2, 0) is 11.8 Å². The average Bonchev–Trinajstić information content (AvgIpc) is 3.28. The van der Waals surface area contributed by atoms with E-state index < -0.39 is 16.6 Å². The lowest BCUT2D eigenvalue weighted by Crippen LogP contribution is -2.50. The van der Waals surface area contributed by atoms with Gasteiger partial charge in [-0.2, -0.15) is 0 Å². The lowest BCUT2D eigenvalue weighted by Gasteiger charge is -2.36. The standard InChI is InChI=1S/C29H33N7O5/c1-29(2,3)41-28(37)35-14-12-34(13-15-35)24-17-26(40-5)22(16-25(24)36(38)39)32-27-30-11-10-21(31-27)20-18-33(4)23-9-7-6-8-19(20)23/h6-11,16-18H,12-15H2,1-5H3,(H,30,31,32). The molecule has 0 spiro atoms. The van der Waals surface area contributed by atoms with Crippen LogP contribution < -0.4 is 15.0 Å². The number of fused-ring (bicyclic) bond motifs is 1. The highest BCUT2D eigenvalue weighted by Crippen LogP contribution is 2.40. The van der Waals surface area contributed by atoms with Gasteiger partial charge in [0.2, 0.25) is 5.95 Å². The first-order valence-corrected chi connectivity index (χ1v) is 13.3. The van der Waals surface area contributed by atoms with Gasteiger partial charge in [0.15, 0.2) is 0 Å². The van der Waals surface area contributed by atoms with E-state index in [1.807, 2.05) is 73.8 Å². The number of carbonyl (C=O) groups excluding carboxylic acids is 1. The first kappa shape index (κ1) is 27.7. The van der Waals surface area contributed by atoms with Gasteiger partial charge in [0.1, 0.15) is 17.0 Å². The van der Waals surface area contributed by atoms with Gasteiger partial charge in [-0.05, 0) is 32.9 Å². The molecule has 0 saturated carbocycles. The average molecular weight is 560 g/mol. The molecule has 1 aliphatic rings. The fourth-order valence-corrected chi connectivity index (χ4v) is 4.92. The van der Waals surface area contributed by atoms with E-state index in [-0.39, 0.29) is 11.6 Å². The number of nitro benzene ring substituents is 1. The molecule has 5 rings (SSSR count). The molecule has 1 N–H and O–H groups in total. The maximum atomic E-state index is 12.5. The Kier molecular flexibility index (Phi) is 7.40. The van der Waals surface area contributed by atoms with Crippen molar-refractivity contribution in [1.29, 1.82) is 0 Å². The molecule has 2 aromatic heterocycles. The summed E-state index contributed by atoms with van der Waals surface area (Å²) >= 11 is 0. The number of aromatic nitrogens is 3. The predicted molar refractivity (Wildman–Crippen MR) is 157 cm³/mol. The molecule has 1 amide bonds. The number of anilines is 3. The van der Waals surface area contributed by atoms with E-state index >= 15 is 0 Å². The number of piperazine rings is 1. The number of nitrogens with one attached hydrogen (secondary N) is 1. The molecule has 214 valence electrons. The van der Waals surface area contributed by atoms with Gasteiger partial charge in [-0.25, -0.2) is 14.8 Å². The molecule has 1 saturated heterocycles. The number of carbonyl (C=O) groups is 1. The first-order chi connectivity index (χ1) is 19.5. The Bertz CT molecular complexity index is 1600. The molecular weight excluding hydrogens is 526 g/mol. The van der Waals surface area contributed by atoms with Crippen molar-refractivity contribution in [2.45, 2.75) is 26.4 Å². The van der Waals surface area contributed by atoms with Gasteiger partial charge in [0.25, 0.3) is 5.69 Å². The van der Waals surface area contributed by atoms with Gasteiger partial charge in [-0.3, -0.25) is 10.1 Å². The first-order valence-electron chi connectivity index (χ1n) is 13.3. The summed E-state index contributed by atoms with van der Waals surface area (Å²) in [6, 6.07) is 13.0. The number of benzene rings is 2. The van der Waals surface area contributed by atoms with E-state index in [0.717, 1.165) is 16.5 Å². The van der Waals surface area contributed by atoms with Crippen LogP contribution in [0.4, 0.5) is 27.8 Å². The minimum Gasteiger partial charge on any atom is -0.494 e. The Morgan fingerprint density at radius 1 is 1.10 bits per heavy atom. The largest absolute Gasteiger partial charge is 0.494 e. The molecule has 1 aliphatic heterocycles. The van der Waals surface area contributed by atoms with Crippen LogP contribution >= 0.6 is 0 Å². The third-order valence-electron chi connectivity index (χ3n) is 6.84. The lowest BCUT2D eigenvalue weighted by molar-refractivity contribution is -0.384. The second kappa shape index (κ2) is 11.0. The van der Waals surface area contributed by atoms with Crippen LogP contribution in [0.1, 0.15) is 20.8 Å². The normalized spacial score (nSPS) is 13.8. The van der Waals surface area contributed by atoms with Crippen LogP contribution in [0, 0.1) is 10.1 Å². The number of rotatable bonds is 6. The van der Waals surface area contributed by atoms with Gasteiger partial charge in [0.05, 0.1) is 23.4 Å². The van der Waals surface area contributed by atoms with Crippen LogP contribution in [0.15, 0.2) is 54.9 Å². The van der Waals surface area contributed by atoms with Crippen LogP contribution in [0.3, 0.4) is 0 Å². The third-order valence-corrected chi connectivity index (χ3v) is 6.84. The number of para-hydroxylation sites is 1. The quantitative estimate of drug-likeness (QED) is 0.245. The number of nitrogens with zero attached hydrogens (tertiary/aromatic N) is 6. The fourth-order valence-electron chi connectivity index (χ4n) is 4.92. The van der Waals surface area contributed by atoms with Crippen molar-refractivity contribution < 1.29 is 19.2 Å². The van der Waals surface area contributed by atoms with E-state index in [9.17, 15) is 14.9 Å². The number of methoxy groups -OCH3 is 1. The van der Waals surface area contributed by atoms with E-state index in [2.05, 4.69) is 10.3 Å². The minimum absolute atomic E-state index is 0.0933. The fraction of sp³-hybridized carbons (Fsp3) is 0.345. The van der Waals surface area contributed by atoms with E-state index in [1.165, 1.54) is 13.2 Å². The molecule has 0 aliphatic carbocycles. The van der Waals surface area contributed by atoms with E-state index in [4.69, 9.17) is 14.5 Å².